The Bertz CT molecular complexity index is 996. The number of carbonyl (C=O) groups excluding carboxylic acids is 1. The summed E-state index contributed by atoms with van der Waals surface area (Å²) in [6.07, 6.45) is 2.22. The number of fused-ring (bicyclic) bond motifs is 3. The first-order valence-corrected chi connectivity index (χ1v) is 10.2. The minimum Gasteiger partial charge on any atom is -0.454 e. The molecule has 8 heteroatoms. The number of anilines is 2. The number of ether oxygens (including phenoxy) is 2. The maximum Gasteiger partial charge on any atom is 0.234 e. The number of carbonyl (C=O) groups is 1. The van der Waals surface area contributed by atoms with Crippen molar-refractivity contribution in [2.75, 3.05) is 35.9 Å². The Morgan fingerprint density at radius 3 is 2.93 bits per heavy atom. The minimum atomic E-state index is -0.155. The summed E-state index contributed by atoms with van der Waals surface area (Å²) in [6, 6.07) is 9.46. The third kappa shape index (κ3) is 3.02. The molecule has 1 aromatic carbocycles. The second kappa shape index (κ2) is 6.91. The number of nitriles is 1. The number of thioether (sulfide) groups is 1. The first kappa shape index (κ1) is 17.2. The van der Waals surface area contributed by atoms with Gasteiger partial charge in [0.1, 0.15) is 11.1 Å². The molecule has 142 valence electrons. The van der Waals surface area contributed by atoms with Crippen molar-refractivity contribution >= 4 is 29.0 Å². The Morgan fingerprint density at radius 2 is 2.11 bits per heavy atom. The lowest BCUT2D eigenvalue weighted by Crippen LogP contribution is -2.39. The van der Waals surface area contributed by atoms with Crippen molar-refractivity contribution in [3.05, 3.63) is 35.5 Å². The van der Waals surface area contributed by atoms with Gasteiger partial charge in [-0.1, -0.05) is 11.8 Å². The molecule has 6 rings (SSSR count). The topological polar surface area (TPSA) is 87.5 Å². The predicted molar refractivity (Wildman–Crippen MR) is 105 cm³/mol. The molecule has 1 fully saturated rings. The highest BCUT2D eigenvalue weighted by atomic mass is 32.2. The lowest BCUT2D eigenvalue weighted by Gasteiger charge is -2.41. The number of amides is 1. The van der Waals surface area contributed by atoms with Crippen LogP contribution in [0.4, 0.5) is 11.4 Å². The van der Waals surface area contributed by atoms with Crippen molar-refractivity contribution in [2.24, 2.45) is 0 Å². The quantitative estimate of drug-likeness (QED) is 0.797. The van der Waals surface area contributed by atoms with Crippen LogP contribution in [-0.2, 0) is 4.79 Å². The molecule has 1 aromatic heterocycles. The molecule has 0 spiro atoms. The first-order chi connectivity index (χ1) is 13.7. The minimum absolute atomic E-state index is 0.155. The molecule has 2 bridgehead atoms. The first-order valence-electron chi connectivity index (χ1n) is 9.23. The third-order valence-corrected chi connectivity index (χ3v) is 6.33. The van der Waals surface area contributed by atoms with Crippen LogP contribution >= 0.6 is 11.8 Å². The van der Waals surface area contributed by atoms with Gasteiger partial charge in [-0.3, -0.25) is 4.79 Å². The largest absolute Gasteiger partial charge is 0.454 e. The highest BCUT2D eigenvalue weighted by molar-refractivity contribution is 8.00. The maximum atomic E-state index is 12.4. The van der Waals surface area contributed by atoms with Crippen molar-refractivity contribution in [3.8, 4) is 17.6 Å². The Hall–Kier alpha value is -2.92. The Balaban J connectivity index is 1.29. The lowest BCUT2D eigenvalue weighted by atomic mass is 9.86. The van der Waals surface area contributed by atoms with E-state index in [1.807, 2.05) is 6.07 Å². The molecule has 0 atom stereocenters. The van der Waals surface area contributed by atoms with Crippen molar-refractivity contribution in [2.45, 2.75) is 23.8 Å². The molecular formula is C20H18N4O3S. The Kier molecular flexibility index (Phi) is 4.24. The van der Waals surface area contributed by atoms with Crippen molar-refractivity contribution in [1.29, 1.82) is 5.26 Å². The fourth-order valence-corrected chi connectivity index (χ4v) is 4.71. The van der Waals surface area contributed by atoms with Gasteiger partial charge in [0, 0.05) is 30.8 Å². The molecule has 1 saturated heterocycles. The van der Waals surface area contributed by atoms with E-state index < -0.39 is 0 Å². The van der Waals surface area contributed by atoms with E-state index in [4.69, 9.17) is 14.5 Å². The Morgan fingerprint density at radius 1 is 1.29 bits per heavy atom. The number of benzene rings is 1. The van der Waals surface area contributed by atoms with Gasteiger partial charge >= 0.3 is 0 Å². The number of hydrogen-bond donors (Lipinski definition) is 1. The molecule has 28 heavy (non-hydrogen) atoms. The van der Waals surface area contributed by atoms with Gasteiger partial charge < -0.3 is 19.7 Å². The smallest absolute Gasteiger partial charge is 0.234 e. The van der Waals surface area contributed by atoms with E-state index in [0.717, 1.165) is 37.3 Å². The van der Waals surface area contributed by atoms with Gasteiger partial charge in [-0.05, 0) is 31.0 Å². The van der Waals surface area contributed by atoms with Gasteiger partial charge in [-0.25, -0.2) is 4.98 Å². The standard InChI is InChI=1S/C20H18N4O3S/c21-9-13-7-15-19(12-3-5-24(15)6-4-12)23-20(13)28-10-18(25)22-14-1-2-16-17(8-14)27-11-26-16/h1-2,7-8,12H,3-6,10-11H2,(H,22,25). The second-order valence-electron chi connectivity index (χ2n) is 7.02. The lowest BCUT2D eigenvalue weighted by molar-refractivity contribution is -0.113. The second-order valence-corrected chi connectivity index (χ2v) is 7.99. The van der Waals surface area contributed by atoms with Crippen LogP contribution in [0.15, 0.2) is 29.3 Å². The maximum absolute atomic E-state index is 12.4. The fourth-order valence-electron chi connectivity index (χ4n) is 3.94. The number of aromatic nitrogens is 1. The van der Waals surface area contributed by atoms with E-state index in [9.17, 15) is 10.1 Å². The summed E-state index contributed by atoms with van der Waals surface area (Å²) in [7, 11) is 0. The van der Waals surface area contributed by atoms with Gasteiger partial charge in [-0.15, -0.1) is 0 Å². The third-order valence-electron chi connectivity index (χ3n) is 5.33. The van der Waals surface area contributed by atoms with Gasteiger partial charge in [-0.2, -0.15) is 5.26 Å². The van der Waals surface area contributed by atoms with Gasteiger partial charge in [0.25, 0.3) is 0 Å². The number of nitrogens with one attached hydrogen (secondary N) is 1. The molecule has 5 heterocycles. The van der Waals surface area contributed by atoms with E-state index in [0.29, 0.717) is 33.7 Å². The Labute approximate surface area is 166 Å². The zero-order valence-corrected chi connectivity index (χ0v) is 15.9. The summed E-state index contributed by atoms with van der Waals surface area (Å²) in [5, 5.41) is 13.0. The average Bonchev–Trinajstić information content (AvgIpc) is 3.20. The molecular weight excluding hydrogens is 376 g/mol. The molecule has 0 aliphatic carbocycles. The van der Waals surface area contributed by atoms with E-state index in [2.05, 4.69) is 16.3 Å². The summed E-state index contributed by atoms with van der Waals surface area (Å²) >= 11 is 1.30. The molecule has 1 amide bonds. The number of pyridine rings is 1. The summed E-state index contributed by atoms with van der Waals surface area (Å²) < 4.78 is 10.6. The van der Waals surface area contributed by atoms with Gasteiger partial charge in [0.15, 0.2) is 11.5 Å². The molecule has 0 saturated carbocycles. The monoisotopic (exact) mass is 394 g/mol. The van der Waals surface area contributed by atoms with Crippen LogP contribution in [0.25, 0.3) is 0 Å². The van der Waals surface area contributed by atoms with Crippen LogP contribution in [0.1, 0.15) is 30.0 Å². The van der Waals surface area contributed by atoms with Gasteiger partial charge in [0.2, 0.25) is 12.7 Å². The number of rotatable bonds is 4. The molecule has 1 N–H and O–H groups in total. The van der Waals surface area contributed by atoms with E-state index in [1.165, 1.54) is 11.8 Å². The van der Waals surface area contributed by atoms with Crippen LogP contribution in [0.2, 0.25) is 0 Å². The zero-order valence-electron chi connectivity index (χ0n) is 15.1. The molecule has 4 aliphatic rings. The van der Waals surface area contributed by atoms with E-state index in [1.54, 1.807) is 18.2 Å². The molecule has 4 aliphatic heterocycles. The normalized spacial score (nSPS) is 16.6. The van der Waals surface area contributed by atoms with Crippen LogP contribution in [0.3, 0.4) is 0 Å². The van der Waals surface area contributed by atoms with Crippen molar-refractivity contribution in [3.63, 3.8) is 0 Å². The van der Waals surface area contributed by atoms with Gasteiger partial charge in [0.05, 0.1) is 22.7 Å². The van der Waals surface area contributed by atoms with E-state index in [-0.39, 0.29) is 18.5 Å². The number of hydrogen-bond acceptors (Lipinski definition) is 7. The summed E-state index contributed by atoms with van der Waals surface area (Å²) in [5.41, 5.74) is 3.36. The number of nitrogens with zero attached hydrogens (tertiary/aromatic N) is 3. The highest BCUT2D eigenvalue weighted by Crippen LogP contribution is 2.42. The number of piperidine rings is 1. The van der Waals surface area contributed by atoms with Crippen LogP contribution in [0.5, 0.6) is 11.5 Å². The molecule has 2 aromatic rings. The zero-order chi connectivity index (χ0) is 19.1. The van der Waals surface area contributed by atoms with Crippen molar-refractivity contribution in [1.82, 2.24) is 4.98 Å². The predicted octanol–water partition coefficient (Wildman–Crippen LogP) is 3.11. The van der Waals surface area contributed by atoms with Crippen molar-refractivity contribution < 1.29 is 14.3 Å². The van der Waals surface area contributed by atoms with Crippen LogP contribution in [0, 0.1) is 11.3 Å². The summed E-state index contributed by atoms with van der Waals surface area (Å²) in [5.74, 6) is 1.79. The highest BCUT2D eigenvalue weighted by Gasteiger charge is 2.33. The summed E-state index contributed by atoms with van der Waals surface area (Å²) in [6.45, 7) is 2.27. The fraction of sp³-hybridized carbons (Fsp3) is 0.350. The molecule has 0 radical (unpaired) electrons. The van der Waals surface area contributed by atoms with Crippen LogP contribution < -0.4 is 19.7 Å². The average molecular weight is 394 g/mol. The van der Waals surface area contributed by atoms with E-state index >= 15 is 0 Å². The molecule has 0 unspecified atom stereocenters. The molecule has 7 nitrogen and oxygen atoms in total. The summed E-state index contributed by atoms with van der Waals surface area (Å²) in [4.78, 5) is 19.5. The van der Waals surface area contributed by atoms with Crippen LogP contribution in [-0.4, -0.2) is 36.5 Å². The SMILES string of the molecule is N#Cc1cc2c(nc1SCC(=O)Nc1ccc3c(c1)OCO3)C1CCN2CC1.